The molecule has 0 saturated carbocycles. The van der Waals surface area contributed by atoms with Crippen LogP contribution in [-0.4, -0.2) is 10.8 Å². The smallest absolute Gasteiger partial charge is 0.168 e. The van der Waals surface area contributed by atoms with Crippen LogP contribution in [0.1, 0.15) is 15.9 Å². The standard InChI is InChI=1S/C13H8BrFINO/c14-9-3-8(6-17-7-9)4-13(18)11-2-1-10(15)5-12(11)16/h1-3,5-7H,4H2. The fourth-order valence-electron chi connectivity index (χ4n) is 1.55. The lowest BCUT2D eigenvalue weighted by Gasteiger charge is -2.04. The van der Waals surface area contributed by atoms with Crippen molar-refractivity contribution in [3.05, 3.63) is 61.6 Å². The minimum atomic E-state index is -0.333. The summed E-state index contributed by atoms with van der Waals surface area (Å²) in [5, 5.41) is 0. The predicted octanol–water partition coefficient (Wildman–Crippen LogP) is 4.01. The minimum absolute atomic E-state index is 0.0423. The molecule has 0 spiro atoms. The normalized spacial score (nSPS) is 10.4. The third kappa shape index (κ3) is 3.35. The summed E-state index contributed by atoms with van der Waals surface area (Å²) in [4.78, 5) is 16.1. The van der Waals surface area contributed by atoms with Crippen molar-refractivity contribution in [3.63, 3.8) is 0 Å². The van der Waals surface area contributed by atoms with Crippen molar-refractivity contribution in [1.82, 2.24) is 4.98 Å². The van der Waals surface area contributed by atoms with Gasteiger partial charge < -0.3 is 0 Å². The Hall–Kier alpha value is -0.820. The van der Waals surface area contributed by atoms with Crippen molar-refractivity contribution in [2.75, 3.05) is 0 Å². The quantitative estimate of drug-likeness (QED) is 0.555. The molecule has 2 aromatic rings. The molecule has 92 valence electrons. The molecule has 5 heteroatoms. The molecule has 0 aliphatic rings. The maximum atomic E-state index is 13.0. The molecule has 1 aromatic heterocycles. The van der Waals surface area contributed by atoms with Crippen LogP contribution in [0.4, 0.5) is 4.39 Å². The van der Waals surface area contributed by atoms with Crippen molar-refractivity contribution in [2.45, 2.75) is 6.42 Å². The maximum absolute atomic E-state index is 13.0. The van der Waals surface area contributed by atoms with E-state index in [2.05, 4.69) is 20.9 Å². The molecule has 0 radical (unpaired) electrons. The number of pyridine rings is 1. The highest BCUT2D eigenvalue weighted by atomic mass is 127. The second-order valence-electron chi connectivity index (χ2n) is 3.74. The number of nitrogens with zero attached hydrogens (tertiary/aromatic N) is 1. The zero-order valence-corrected chi connectivity index (χ0v) is 12.9. The van der Waals surface area contributed by atoms with E-state index in [1.807, 2.05) is 28.7 Å². The molecule has 0 N–H and O–H groups in total. The summed E-state index contributed by atoms with van der Waals surface area (Å²) in [6.07, 6.45) is 3.57. The number of ketones is 1. The SMILES string of the molecule is O=C(Cc1cncc(Br)c1)c1ccc(F)cc1I. The summed E-state index contributed by atoms with van der Waals surface area (Å²) in [7, 11) is 0. The van der Waals surface area contributed by atoms with Crippen molar-refractivity contribution in [1.29, 1.82) is 0 Å². The highest BCUT2D eigenvalue weighted by molar-refractivity contribution is 14.1. The molecule has 0 aliphatic heterocycles. The summed E-state index contributed by atoms with van der Waals surface area (Å²) in [5.41, 5.74) is 1.37. The average Bonchev–Trinajstić information content (AvgIpc) is 2.28. The summed E-state index contributed by atoms with van der Waals surface area (Å²) in [6.45, 7) is 0. The largest absolute Gasteiger partial charge is 0.294 e. The molecule has 0 atom stereocenters. The van der Waals surface area contributed by atoms with Gasteiger partial charge >= 0.3 is 0 Å². The Kier molecular flexibility index (Phi) is 4.45. The van der Waals surface area contributed by atoms with Gasteiger partial charge in [-0.3, -0.25) is 9.78 Å². The molecule has 0 aliphatic carbocycles. The van der Waals surface area contributed by atoms with Crippen molar-refractivity contribution >= 4 is 44.3 Å². The fraction of sp³-hybridized carbons (Fsp3) is 0.0769. The summed E-state index contributed by atoms with van der Waals surface area (Å²) < 4.78 is 14.4. The Bertz CT molecular complexity index is 603. The van der Waals surface area contributed by atoms with E-state index in [9.17, 15) is 9.18 Å². The van der Waals surface area contributed by atoms with Gasteiger partial charge in [-0.05, 0) is 68.3 Å². The maximum Gasteiger partial charge on any atom is 0.168 e. The minimum Gasteiger partial charge on any atom is -0.294 e. The van der Waals surface area contributed by atoms with E-state index in [1.165, 1.54) is 18.2 Å². The van der Waals surface area contributed by atoms with E-state index >= 15 is 0 Å². The Morgan fingerprint density at radius 2 is 2.11 bits per heavy atom. The molecule has 0 unspecified atom stereocenters. The zero-order chi connectivity index (χ0) is 13.1. The molecule has 2 rings (SSSR count). The van der Waals surface area contributed by atoms with Gasteiger partial charge in [0.05, 0.1) is 0 Å². The van der Waals surface area contributed by atoms with E-state index in [4.69, 9.17) is 0 Å². The first-order valence-electron chi connectivity index (χ1n) is 5.14. The van der Waals surface area contributed by atoms with Crippen LogP contribution >= 0.6 is 38.5 Å². The molecule has 1 heterocycles. The molecule has 0 bridgehead atoms. The van der Waals surface area contributed by atoms with Crippen molar-refractivity contribution in [2.24, 2.45) is 0 Å². The lowest BCUT2D eigenvalue weighted by atomic mass is 10.0. The van der Waals surface area contributed by atoms with Gasteiger partial charge in [-0.2, -0.15) is 0 Å². The predicted molar refractivity (Wildman–Crippen MR) is 79.1 cm³/mol. The number of halogens is 3. The molecule has 0 saturated heterocycles. The van der Waals surface area contributed by atoms with Crippen molar-refractivity contribution in [3.8, 4) is 0 Å². The number of carbonyl (C=O) groups is 1. The second kappa shape index (κ2) is 5.88. The van der Waals surface area contributed by atoms with Crippen LogP contribution in [0.2, 0.25) is 0 Å². The lowest BCUT2D eigenvalue weighted by Crippen LogP contribution is -2.06. The Morgan fingerprint density at radius 3 is 2.78 bits per heavy atom. The van der Waals surface area contributed by atoms with Gasteiger partial charge in [0.2, 0.25) is 0 Å². The van der Waals surface area contributed by atoms with Crippen LogP contribution in [0.3, 0.4) is 0 Å². The van der Waals surface area contributed by atoms with Gasteiger partial charge in [0.1, 0.15) is 5.82 Å². The monoisotopic (exact) mass is 419 g/mol. The van der Waals surface area contributed by atoms with Gasteiger partial charge in [-0.1, -0.05) is 0 Å². The van der Waals surface area contributed by atoms with E-state index in [-0.39, 0.29) is 18.0 Å². The van der Waals surface area contributed by atoms with Crippen LogP contribution < -0.4 is 0 Å². The fourth-order valence-corrected chi connectivity index (χ4v) is 2.74. The van der Waals surface area contributed by atoms with Gasteiger partial charge in [-0.15, -0.1) is 0 Å². The molecular formula is C13H8BrFINO. The third-order valence-electron chi connectivity index (χ3n) is 2.36. The molecule has 18 heavy (non-hydrogen) atoms. The van der Waals surface area contributed by atoms with Gasteiger partial charge in [0.15, 0.2) is 5.78 Å². The number of carbonyl (C=O) groups excluding carboxylic acids is 1. The first kappa shape index (κ1) is 13.6. The molecule has 0 amide bonds. The van der Waals surface area contributed by atoms with Crippen LogP contribution in [0.15, 0.2) is 41.1 Å². The Labute approximate surface area is 126 Å². The summed E-state index contributed by atoms with van der Waals surface area (Å²) in [5.74, 6) is -0.376. The number of hydrogen-bond donors (Lipinski definition) is 0. The van der Waals surface area contributed by atoms with Crippen LogP contribution in [0.25, 0.3) is 0 Å². The van der Waals surface area contributed by atoms with E-state index in [1.54, 1.807) is 12.4 Å². The van der Waals surface area contributed by atoms with Gasteiger partial charge in [0.25, 0.3) is 0 Å². The number of rotatable bonds is 3. The van der Waals surface area contributed by atoms with Crippen LogP contribution in [0, 0.1) is 9.39 Å². The average molecular weight is 420 g/mol. The number of aromatic nitrogens is 1. The van der Waals surface area contributed by atoms with E-state index < -0.39 is 0 Å². The first-order chi connectivity index (χ1) is 8.56. The van der Waals surface area contributed by atoms with E-state index in [0.29, 0.717) is 9.13 Å². The Balaban J connectivity index is 2.22. The number of Topliss-reactive ketones (excluding diaryl/α,β-unsaturated/α-hetero) is 1. The summed E-state index contributed by atoms with van der Waals surface area (Å²) in [6, 6.07) is 6.02. The number of hydrogen-bond acceptors (Lipinski definition) is 2. The lowest BCUT2D eigenvalue weighted by molar-refractivity contribution is 0.0992. The highest BCUT2D eigenvalue weighted by Gasteiger charge is 2.11. The van der Waals surface area contributed by atoms with Crippen LogP contribution in [-0.2, 0) is 6.42 Å². The molecule has 0 fully saturated rings. The van der Waals surface area contributed by atoms with Gasteiger partial charge in [0, 0.05) is 32.4 Å². The second-order valence-corrected chi connectivity index (χ2v) is 5.81. The number of benzene rings is 1. The third-order valence-corrected chi connectivity index (χ3v) is 3.68. The van der Waals surface area contributed by atoms with Crippen molar-refractivity contribution < 1.29 is 9.18 Å². The van der Waals surface area contributed by atoms with E-state index in [0.717, 1.165) is 10.0 Å². The molecule has 1 aromatic carbocycles. The zero-order valence-electron chi connectivity index (χ0n) is 9.16. The first-order valence-corrected chi connectivity index (χ1v) is 7.01. The highest BCUT2D eigenvalue weighted by Crippen LogP contribution is 2.17. The van der Waals surface area contributed by atoms with Crippen LogP contribution in [0.5, 0.6) is 0 Å². The topological polar surface area (TPSA) is 30.0 Å². The molecule has 2 nitrogen and oxygen atoms in total. The molecular weight excluding hydrogens is 412 g/mol. The van der Waals surface area contributed by atoms with Gasteiger partial charge in [-0.25, -0.2) is 4.39 Å². The Morgan fingerprint density at radius 1 is 1.33 bits per heavy atom. The summed E-state index contributed by atoms with van der Waals surface area (Å²) >= 11 is 5.27.